The number of ketones is 1. The Labute approximate surface area is 145 Å². The van der Waals surface area contributed by atoms with Gasteiger partial charge >= 0.3 is 0 Å². The molecule has 6 heteroatoms. The van der Waals surface area contributed by atoms with Crippen LogP contribution < -0.4 is 0 Å². The van der Waals surface area contributed by atoms with E-state index in [9.17, 15) is 14.7 Å². The fourth-order valence-electron chi connectivity index (χ4n) is 3.79. The summed E-state index contributed by atoms with van der Waals surface area (Å²) in [5, 5.41) is 10.4. The number of hydrogen-bond acceptors (Lipinski definition) is 5. The molecule has 1 aromatic heterocycles. The van der Waals surface area contributed by atoms with Crippen molar-refractivity contribution >= 4 is 11.7 Å². The van der Waals surface area contributed by atoms with E-state index >= 15 is 0 Å². The maximum atomic E-state index is 12.9. The van der Waals surface area contributed by atoms with E-state index in [1.807, 2.05) is 0 Å². The second-order valence-corrected chi connectivity index (χ2v) is 6.69. The summed E-state index contributed by atoms with van der Waals surface area (Å²) in [5.41, 5.74) is 2.92. The molecule has 0 bridgehead atoms. The SMILES string of the molecule is O=C1CCc2c1cccc2C(=O)N1C[C@@H](Cc2cnccn2)[C@H](O)C1. The van der Waals surface area contributed by atoms with E-state index in [1.165, 1.54) is 0 Å². The Kier molecular flexibility index (Phi) is 4.05. The van der Waals surface area contributed by atoms with Gasteiger partial charge in [-0.1, -0.05) is 12.1 Å². The zero-order valence-electron chi connectivity index (χ0n) is 13.8. The van der Waals surface area contributed by atoms with Crippen LogP contribution in [0.4, 0.5) is 0 Å². The predicted octanol–water partition coefficient (Wildman–Crippen LogP) is 1.28. The number of aliphatic hydroxyl groups excluding tert-OH is 1. The molecule has 2 aromatic rings. The first-order chi connectivity index (χ1) is 12.1. The van der Waals surface area contributed by atoms with Crippen LogP contribution in [-0.4, -0.2) is 50.9 Å². The van der Waals surface area contributed by atoms with Crippen molar-refractivity contribution in [3.05, 3.63) is 59.2 Å². The van der Waals surface area contributed by atoms with Crippen molar-refractivity contribution < 1.29 is 14.7 Å². The van der Waals surface area contributed by atoms with Crippen LogP contribution in [0, 0.1) is 5.92 Å². The van der Waals surface area contributed by atoms with Crippen LogP contribution in [0.25, 0.3) is 0 Å². The first-order valence-electron chi connectivity index (χ1n) is 8.51. The Morgan fingerprint density at radius 3 is 2.92 bits per heavy atom. The number of aromatic nitrogens is 2. The van der Waals surface area contributed by atoms with Gasteiger partial charge in [-0.15, -0.1) is 0 Å². The predicted molar refractivity (Wildman–Crippen MR) is 90.2 cm³/mol. The van der Waals surface area contributed by atoms with Crippen LogP contribution in [0.15, 0.2) is 36.8 Å². The number of nitrogens with zero attached hydrogens (tertiary/aromatic N) is 3. The van der Waals surface area contributed by atoms with Gasteiger partial charge in [-0.3, -0.25) is 19.6 Å². The molecule has 25 heavy (non-hydrogen) atoms. The topological polar surface area (TPSA) is 83.4 Å². The number of likely N-dealkylation sites (tertiary alicyclic amines) is 1. The van der Waals surface area contributed by atoms with Crippen molar-refractivity contribution in [1.29, 1.82) is 0 Å². The number of Topliss-reactive ketones (excluding diaryl/α,β-unsaturated/α-hetero) is 1. The maximum Gasteiger partial charge on any atom is 0.254 e. The van der Waals surface area contributed by atoms with Crippen LogP contribution >= 0.6 is 0 Å². The fraction of sp³-hybridized carbons (Fsp3) is 0.368. The van der Waals surface area contributed by atoms with Gasteiger partial charge in [-0.05, 0) is 24.5 Å². The Hall–Kier alpha value is -2.60. The molecule has 1 N–H and O–H groups in total. The van der Waals surface area contributed by atoms with Crippen molar-refractivity contribution in [2.24, 2.45) is 5.92 Å². The molecule has 0 unspecified atom stereocenters. The molecule has 2 aliphatic rings. The third-order valence-electron chi connectivity index (χ3n) is 5.09. The molecule has 1 aromatic carbocycles. The van der Waals surface area contributed by atoms with Gasteiger partial charge in [0.2, 0.25) is 0 Å². The maximum absolute atomic E-state index is 12.9. The van der Waals surface area contributed by atoms with E-state index in [0.717, 1.165) is 11.3 Å². The number of fused-ring (bicyclic) bond motifs is 1. The van der Waals surface area contributed by atoms with Gasteiger partial charge in [0, 0.05) is 55.1 Å². The molecule has 1 saturated heterocycles. The van der Waals surface area contributed by atoms with Crippen molar-refractivity contribution in [3.63, 3.8) is 0 Å². The first kappa shape index (κ1) is 15.9. The summed E-state index contributed by atoms with van der Waals surface area (Å²) in [6, 6.07) is 5.33. The number of carbonyl (C=O) groups excluding carboxylic acids is 2. The van der Waals surface area contributed by atoms with Crippen LogP contribution in [-0.2, 0) is 12.8 Å². The largest absolute Gasteiger partial charge is 0.391 e. The lowest BCUT2D eigenvalue weighted by atomic mass is 10.0. The third kappa shape index (κ3) is 2.93. The number of amides is 1. The molecule has 128 valence electrons. The van der Waals surface area contributed by atoms with Gasteiger partial charge in [-0.2, -0.15) is 0 Å². The lowest BCUT2D eigenvalue weighted by Crippen LogP contribution is -2.30. The lowest BCUT2D eigenvalue weighted by Gasteiger charge is -2.18. The van der Waals surface area contributed by atoms with E-state index in [1.54, 1.807) is 41.7 Å². The quantitative estimate of drug-likeness (QED) is 0.912. The molecule has 4 rings (SSSR count). The van der Waals surface area contributed by atoms with E-state index in [-0.39, 0.29) is 17.6 Å². The molecule has 0 radical (unpaired) electrons. The zero-order chi connectivity index (χ0) is 17.4. The minimum absolute atomic E-state index is 0.0564. The van der Waals surface area contributed by atoms with Gasteiger partial charge in [0.05, 0.1) is 11.8 Å². The van der Waals surface area contributed by atoms with E-state index < -0.39 is 6.10 Å². The number of β-amino-alcohol motifs (C(OH)–C–C–N with tert-alkyl or cyclic N) is 1. The summed E-state index contributed by atoms with van der Waals surface area (Å²) >= 11 is 0. The van der Waals surface area contributed by atoms with Crippen LogP contribution in [0.3, 0.4) is 0 Å². The van der Waals surface area contributed by atoms with Gasteiger partial charge in [0.1, 0.15) is 0 Å². The highest BCUT2D eigenvalue weighted by atomic mass is 16.3. The fourth-order valence-corrected chi connectivity index (χ4v) is 3.79. The molecule has 6 nitrogen and oxygen atoms in total. The summed E-state index contributed by atoms with van der Waals surface area (Å²) in [6.45, 7) is 0.787. The number of benzene rings is 1. The van der Waals surface area contributed by atoms with E-state index in [0.29, 0.717) is 43.5 Å². The van der Waals surface area contributed by atoms with Gasteiger partial charge in [-0.25, -0.2) is 0 Å². The second kappa shape index (κ2) is 6.37. The molecule has 1 aliphatic carbocycles. The lowest BCUT2D eigenvalue weighted by molar-refractivity contribution is 0.0763. The van der Waals surface area contributed by atoms with Crippen molar-refractivity contribution in [3.8, 4) is 0 Å². The van der Waals surface area contributed by atoms with Crippen LogP contribution in [0.1, 0.15) is 38.4 Å². The van der Waals surface area contributed by atoms with Crippen LogP contribution in [0.2, 0.25) is 0 Å². The standard InChI is InChI=1S/C19H19N3O3/c23-17-5-4-14-15(17)2-1-3-16(14)19(25)22-10-12(18(24)11-22)8-13-9-20-6-7-21-13/h1-3,6-7,9,12,18,24H,4-5,8,10-11H2/t12-,18-/m1/s1. The average molecular weight is 337 g/mol. The third-order valence-corrected chi connectivity index (χ3v) is 5.09. The van der Waals surface area contributed by atoms with E-state index in [2.05, 4.69) is 9.97 Å². The highest BCUT2D eigenvalue weighted by Crippen LogP contribution is 2.28. The smallest absolute Gasteiger partial charge is 0.254 e. The molecule has 0 saturated carbocycles. The Morgan fingerprint density at radius 2 is 2.12 bits per heavy atom. The Bertz CT molecular complexity index is 822. The summed E-state index contributed by atoms with van der Waals surface area (Å²) in [7, 11) is 0. The summed E-state index contributed by atoms with van der Waals surface area (Å²) in [6.07, 6.45) is 6.03. The molecule has 1 fully saturated rings. The van der Waals surface area contributed by atoms with Crippen molar-refractivity contribution in [2.75, 3.05) is 13.1 Å². The Balaban J connectivity index is 1.52. The number of aliphatic hydroxyl groups is 1. The Morgan fingerprint density at radius 1 is 1.24 bits per heavy atom. The number of hydrogen-bond donors (Lipinski definition) is 1. The van der Waals surface area contributed by atoms with Gasteiger partial charge in [0.25, 0.3) is 5.91 Å². The molecule has 2 heterocycles. The molecular formula is C19H19N3O3. The number of carbonyl (C=O) groups is 2. The molecule has 0 spiro atoms. The van der Waals surface area contributed by atoms with Crippen LogP contribution in [0.5, 0.6) is 0 Å². The highest BCUT2D eigenvalue weighted by Gasteiger charge is 2.36. The zero-order valence-corrected chi connectivity index (χ0v) is 13.8. The highest BCUT2D eigenvalue weighted by molar-refractivity contribution is 6.05. The van der Waals surface area contributed by atoms with Crippen molar-refractivity contribution in [1.82, 2.24) is 14.9 Å². The summed E-state index contributed by atoms with van der Waals surface area (Å²) in [5.74, 6) is -0.0575. The molecule has 1 amide bonds. The summed E-state index contributed by atoms with van der Waals surface area (Å²) in [4.78, 5) is 34.8. The van der Waals surface area contributed by atoms with Gasteiger partial charge in [0.15, 0.2) is 5.78 Å². The monoisotopic (exact) mass is 337 g/mol. The van der Waals surface area contributed by atoms with Crippen molar-refractivity contribution in [2.45, 2.75) is 25.4 Å². The average Bonchev–Trinajstić information content (AvgIpc) is 3.19. The normalized spacial score (nSPS) is 22.3. The molecule has 1 aliphatic heterocycles. The molecular weight excluding hydrogens is 318 g/mol. The minimum Gasteiger partial charge on any atom is -0.391 e. The minimum atomic E-state index is -0.579. The molecule has 2 atom stereocenters. The number of rotatable bonds is 3. The first-order valence-corrected chi connectivity index (χ1v) is 8.51. The van der Waals surface area contributed by atoms with Gasteiger partial charge < -0.3 is 10.0 Å². The second-order valence-electron chi connectivity index (χ2n) is 6.69. The summed E-state index contributed by atoms with van der Waals surface area (Å²) < 4.78 is 0. The van der Waals surface area contributed by atoms with E-state index in [4.69, 9.17) is 0 Å².